The zero-order valence-electron chi connectivity index (χ0n) is 16.6. The van der Waals surface area contributed by atoms with E-state index in [9.17, 15) is 5.11 Å². The fourth-order valence-corrected chi connectivity index (χ4v) is 4.06. The van der Waals surface area contributed by atoms with E-state index < -0.39 is 0 Å². The average molecular weight is 377 g/mol. The van der Waals surface area contributed by atoms with Crippen molar-refractivity contribution in [2.45, 2.75) is 51.9 Å². The van der Waals surface area contributed by atoms with E-state index >= 15 is 0 Å². The Labute approximate surface area is 166 Å². The molecule has 0 bridgehead atoms. The van der Waals surface area contributed by atoms with Gasteiger partial charge in [0.2, 0.25) is 0 Å². The molecule has 2 aromatic carbocycles. The van der Waals surface area contributed by atoms with Gasteiger partial charge in [-0.1, -0.05) is 56.3 Å². The lowest BCUT2D eigenvalue weighted by atomic mass is 9.82. The van der Waals surface area contributed by atoms with Gasteiger partial charge in [-0.25, -0.2) is 0 Å². The maximum absolute atomic E-state index is 10.2. The lowest BCUT2D eigenvalue weighted by molar-refractivity contribution is -0.0520. The van der Waals surface area contributed by atoms with Gasteiger partial charge in [-0.3, -0.25) is 4.68 Å². The van der Waals surface area contributed by atoms with E-state index in [-0.39, 0.29) is 12.2 Å². The molecule has 0 amide bonds. The van der Waals surface area contributed by atoms with E-state index in [1.807, 2.05) is 35.1 Å². The summed E-state index contributed by atoms with van der Waals surface area (Å²) in [6.45, 7) is 5.14. The average Bonchev–Trinajstić information content (AvgIpc) is 3.18. The molecule has 1 N–H and O–H groups in total. The van der Waals surface area contributed by atoms with E-state index in [0.717, 1.165) is 42.6 Å². The first-order valence-corrected chi connectivity index (χ1v) is 10.2. The van der Waals surface area contributed by atoms with Gasteiger partial charge in [0.15, 0.2) is 0 Å². The van der Waals surface area contributed by atoms with Crippen LogP contribution in [0.15, 0.2) is 60.8 Å². The molecule has 0 fully saturated rings. The molecule has 0 radical (unpaired) electrons. The van der Waals surface area contributed by atoms with Crippen molar-refractivity contribution in [2.75, 3.05) is 0 Å². The van der Waals surface area contributed by atoms with Crippen molar-refractivity contribution in [3.8, 4) is 17.0 Å². The number of nitrogens with zero attached hydrogens (tertiary/aromatic N) is 2. The summed E-state index contributed by atoms with van der Waals surface area (Å²) in [5.41, 5.74) is 4.41. The first kappa shape index (κ1) is 18.8. The normalized spacial score (nSPS) is 19.9. The highest BCUT2D eigenvalue weighted by Gasteiger charge is 2.29. The molecule has 4 rings (SSSR count). The molecule has 1 unspecified atom stereocenters. The molecular formula is C24H28N2O2. The third-order valence-electron chi connectivity index (χ3n) is 5.75. The molecule has 4 nitrogen and oxygen atoms in total. The molecule has 28 heavy (non-hydrogen) atoms. The summed E-state index contributed by atoms with van der Waals surface area (Å²) in [5, 5.41) is 15.0. The summed E-state index contributed by atoms with van der Waals surface area (Å²) in [4.78, 5) is 0. The Hall–Kier alpha value is -2.59. The second-order valence-corrected chi connectivity index (χ2v) is 7.79. The summed E-state index contributed by atoms with van der Waals surface area (Å²) < 4.78 is 8.49. The van der Waals surface area contributed by atoms with Crippen molar-refractivity contribution in [1.82, 2.24) is 9.78 Å². The molecule has 0 aliphatic heterocycles. The van der Waals surface area contributed by atoms with Crippen molar-refractivity contribution in [2.24, 2.45) is 5.92 Å². The van der Waals surface area contributed by atoms with Crippen LogP contribution >= 0.6 is 0 Å². The number of hydrogen-bond acceptors (Lipinski definition) is 3. The topological polar surface area (TPSA) is 47.3 Å². The zero-order chi connectivity index (χ0) is 19.5. The smallest absolute Gasteiger partial charge is 0.119 e. The molecule has 3 aromatic rings. The largest absolute Gasteiger partial charge is 0.508 e. The van der Waals surface area contributed by atoms with Gasteiger partial charge < -0.3 is 9.84 Å². The number of aromatic hydroxyl groups is 1. The second kappa shape index (κ2) is 8.19. The summed E-state index contributed by atoms with van der Waals surface area (Å²) in [7, 11) is 0. The minimum Gasteiger partial charge on any atom is -0.508 e. The maximum Gasteiger partial charge on any atom is 0.119 e. The van der Waals surface area contributed by atoms with Crippen molar-refractivity contribution >= 4 is 0 Å². The van der Waals surface area contributed by atoms with E-state index in [1.165, 1.54) is 5.56 Å². The molecule has 1 aromatic heterocycles. The molecule has 1 aliphatic carbocycles. The highest BCUT2D eigenvalue weighted by atomic mass is 16.5. The number of ether oxygens (including phenoxy) is 1. The lowest BCUT2D eigenvalue weighted by Crippen LogP contribution is -2.35. The summed E-state index contributed by atoms with van der Waals surface area (Å²) in [6.07, 6.45) is 4.90. The van der Waals surface area contributed by atoms with Gasteiger partial charge in [0, 0.05) is 18.2 Å². The number of phenolic OH excluding ortho intramolecular Hbond substituents is 1. The quantitative estimate of drug-likeness (QED) is 0.669. The Morgan fingerprint density at radius 3 is 2.71 bits per heavy atom. The first-order chi connectivity index (χ1) is 13.6. The van der Waals surface area contributed by atoms with Crippen LogP contribution in [-0.2, 0) is 24.1 Å². The van der Waals surface area contributed by atoms with Crippen molar-refractivity contribution in [3.63, 3.8) is 0 Å². The highest BCUT2D eigenvalue weighted by Crippen LogP contribution is 2.33. The van der Waals surface area contributed by atoms with E-state index in [1.54, 1.807) is 6.07 Å². The lowest BCUT2D eigenvalue weighted by Gasteiger charge is -2.34. The number of hydrogen-bond donors (Lipinski definition) is 1. The van der Waals surface area contributed by atoms with E-state index in [2.05, 4.69) is 38.1 Å². The molecule has 0 saturated heterocycles. The van der Waals surface area contributed by atoms with Crippen LogP contribution in [-0.4, -0.2) is 27.1 Å². The maximum atomic E-state index is 10.2. The highest BCUT2D eigenvalue weighted by molar-refractivity contribution is 5.57. The number of rotatable bonds is 6. The minimum absolute atomic E-state index is 0.100. The number of fused-ring (bicyclic) bond motifs is 1. The fourth-order valence-electron chi connectivity index (χ4n) is 4.06. The van der Waals surface area contributed by atoms with Gasteiger partial charge in [0.05, 0.1) is 24.4 Å². The standard InChI is InChI=1S/C24H28N2O2/c1-3-20(16-26-13-12-22(25-26)18-8-5-4-6-9-18)28-24-15-21-19(14-17(24)2)10-7-11-23(21)27/h4-13,17,20,24,27H,3,14-16H2,1-2H3/t17-,20?,24-/m1/s1. The van der Waals surface area contributed by atoms with Gasteiger partial charge in [-0.05, 0) is 42.0 Å². The Bertz CT molecular complexity index is 919. The Morgan fingerprint density at radius 1 is 1.11 bits per heavy atom. The summed E-state index contributed by atoms with van der Waals surface area (Å²) >= 11 is 0. The third kappa shape index (κ3) is 3.97. The van der Waals surface area contributed by atoms with Gasteiger partial charge in [0.1, 0.15) is 5.75 Å². The summed E-state index contributed by atoms with van der Waals surface area (Å²) in [5.74, 6) is 0.825. The molecule has 146 valence electrons. The van der Waals surface area contributed by atoms with E-state index in [4.69, 9.17) is 9.84 Å². The second-order valence-electron chi connectivity index (χ2n) is 7.79. The van der Waals surface area contributed by atoms with Crippen molar-refractivity contribution in [3.05, 3.63) is 71.9 Å². The number of aromatic nitrogens is 2. The van der Waals surface area contributed by atoms with Crippen LogP contribution in [0.25, 0.3) is 11.3 Å². The number of benzene rings is 2. The summed E-state index contributed by atoms with van der Waals surface area (Å²) in [6, 6.07) is 18.1. The van der Waals surface area contributed by atoms with Crippen LogP contribution in [0.5, 0.6) is 5.75 Å². The molecule has 3 atom stereocenters. The van der Waals surface area contributed by atoms with Gasteiger partial charge in [-0.2, -0.15) is 5.10 Å². The number of phenols is 1. The molecule has 0 spiro atoms. The van der Waals surface area contributed by atoms with Crippen molar-refractivity contribution < 1.29 is 9.84 Å². The molecular weight excluding hydrogens is 348 g/mol. The molecule has 1 heterocycles. The minimum atomic E-state index is 0.100. The third-order valence-corrected chi connectivity index (χ3v) is 5.75. The van der Waals surface area contributed by atoms with Crippen LogP contribution in [0.2, 0.25) is 0 Å². The fraction of sp³-hybridized carbons (Fsp3) is 0.375. The van der Waals surface area contributed by atoms with Gasteiger partial charge in [0.25, 0.3) is 0 Å². The van der Waals surface area contributed by atoms with Crippen LogP contribution in [0.4, 0.5) is 0 Å². The first-order valence-electron chi connectivity index (χ1n) is 10.2. The van der Waals surface area contributed by atoms with Crippen molar-refractivity contribution in [1.29, 1.82) is 0 Å². The van der Waals surface area contributed by atoms with Crippen LogP contribution in [0.3, 0.4) is 0 Å². The van der Waals surface area contributed by atoms with Crippen LogP contribution < -0.4 is 0 Å². The van der Waals surface area contributed by atoms with Crippen LogP contribution in [0, 0.1) is 5.92 Å². The van der Waals surface area contributed by atoms with Gasteiger partial charge in [-0.15, -0.1) is 0 Å². The van der Waals surface area contributed by atoms with Gasteiger partial charge >= 0.3 is 0 Å². The Kier molecular flexibility index (Phi) is 5.49. The van der Waals surface area contributed by atoms with Crippen LogP contribution in [0.1, 0.15) is 31.4 Å². The SMILES string of the molecule is CCC(Cn1ccc(-c2ccccc2)n1)O[C@@H]1Cc2c(O)cccc2C[C@H]1C. The Balaban J connectivity index is 1.44. The Morgan fingerprint density at radius 2 is 1.93 bits per heavy atom. The predicted octanol–water partition coefficient (Wildman–Crippen LogP) is 4.85. The monoisotopic (exact) mass is 376 g/mol. The molecule has 1 aliphatic rings. The molecule has 4 heteroatoms. The van der Waals surface area contributed by atoms with E-state index in [0.29, 0.717) is 11.7 Å². The zero-order valence-corrected chi connectivity index (χ0v) is 16.6. The molecule has 0 saturated carbocycles. The predicted molar refractivity (Wildman–Crippen MR) is 111 cm³/mol.